The standard InChI is InChI=1S/C69H66O30/c1-32-55(95-65(80)41-19-13-10-14-20-41)61(96-66(81)42-21-15-11-16-22-42)64(97-67(82)43-23-17-12-18-24-43)69(85-32)99-63-58(90-38(7)75)51(89-37(6)74)31-84-68(63)98-60-54(79)52-48(88-36(5)73)28-45(29-49(52)93-56(60)44-25-26-46(86-34(3)71)47(27-44)87-35(4)72)57-62(92-40(9)77)59(91-39(8)76)53(78)50(94-57)30-83-33(2)70/h10-29,32,50-51,53,55,57-59,61-64,68-69,78H,30-31H2,1-9H3/t32-,50+,51-,53+,55-,57-,58-,59-,61+,62-,63+,64+,68-,69-/m0/s1. The molecule has 0 radical (unpaired) electrons. The second kappa shape index (κ2) is 32.0. The third-order valence-corrected chi connectivity index (χ3v) is 15.0. The van der Waals surface area contributed by atoms with Crippen LogP contribution in [0.15, 0.2) is 131 Å². The summed E-state index contributed by atoms with van der Waals surface area (Å²) in [4.78, 5) is 161. The molecule has 4 heterocycles. The van der Waals surface area contributed by atoms with Crippen LogP contribution in [0.4, 0.5) is 0 Å². The van der Waals surface area contributed by atoms with Crippen LogP contribution < -0.4 is 24.4 Å². The molecule has 14 atom stereocenters. The van der Waals surface area contributed by atoms with Gasteiger partial charge in [-0.1, -0.05) is 54.6 Å². The van der Waals surface area contributed by atoms with Gasteiger partial charge in [-0.2, -0.15) is 0 Å². The monoisotopic (exact) mass is 1370 g/mol. The number of aliphatic hydroxyl groups excluding tert-OH is 1. The van der Waals surface area contributed by atoms with Gasteiger partial charge >= 0.3 is 65.7 Å². The van der Waals surface area contributed by atoms with E-state index in [1.807, 2.05) is 0 Å². The first-order chi connectivity index (χ1) is 47.1. The summed E-state index contributed by atoms with van der Waals surface area (Å²) in [6, 6.07) is 28.2. The van der Waals surface area contributed by atoms with Gasteiger partial charge in [-0.15, -0.1) is 0 Å². The molecule has 0 bridgehead atoms. The quantitative estimate of drug-likeness (QED) is 0.0500. The molecule has 522 valence electrons. The summed E-state index contributed by atoms with van der Waals surface area (Å²) in [5.41, 5.74) is -2.25. The summed E-state index contributed by atoms with van der Waals surface area (Å²) < 4.78 is 102. The van der Waals surface area contributed by atoms with Crippen LogP contribution in [0.25, 0.3) is 22.3 Å². The van der Waals surface area contributed by atoms with Crippen molar-refractivity contribution >= 4 is 76.6 Å². The molecule has 99 heavy (non-hydrogen) atoms. The van der Waals surface area contributed by atoms with E-state index in [-0.39, 0.29) is 33.6 Å². The molecule has 5 aromatic carbocycles. The summed E-state index contributed by atoms with van der Waals surface area (Å²) in [6.45, 7) is 8.08. The fourth-order valence-corrected chi connectivity index (χ4v) is 11.0. The Labute approximate surface area is 562 Å². The van der Waals surface area contributed by atoms with Crippen molar-refractivity contribution in [2.24, 2.45) is 0 Å². The lowest BCUT2D eigenvalue weighted by molar-refractivity contribution is -0.343. The maximum atomic E-state index is 16.0. The van der Waals surface area contributed by atoms with Crippen LogP contribution in [0.3, 0.4) is 0 Å². The average molecular weight is 1380 g/mol. The number of benzene rings is 5. The predicted molar refractivity (Wildman–Crippen MR) is 331 cm³/mol. The van der Waals surface area contributed by atoms with Gasteiger partial charge in [0.2, 0.25) is 17.5 Å². The summed E-state index contributed by atoms with van der Waals surface area (Å²) in [7, 11) is 0. The zero-order valence-corrected chi connectivity index (χ0v) is 54.3. The molecule has 30 heteroatoms. The third kappa shape index (κ3) is 17.8. The van der Waals surface area contributed by atoms with E-state index >= 15 is 4.79 Å². The largest absolute Gasteiger partial charge is 0.463 e. The Bertz CT molecular complexity index is 4090. The Balaban J connectivity index is 1.26. The van der Waals surface area contributed by atoms with Crippen LogP contribution in [0.1, 0.15) is 105 Å². The molecule has 9 rings (SSSR count). The van der Waals surface area contributed by atoms with Crippen LogP contribution in [-0.4, -0.2) is 164 Å². The number of aliphatic hydroxyl groups is 1. The highest BCUT2D eigenvalue weighted by Gasteiger charge is 2.57. The van der Waals surface area contributed by atoms with Gasteiger partial charge in [-0.25, -0.2) is 14.4 Å². The van der Waals surface area contributed by atoms with Crippen LogP contribution in [0, 0.1) is 0 Å². The minimum Gasteiger partial charge on any atom is -0.463 e. The maximum absolute atomic E-state index is 16.0. The Morgan fingerprint density at radius 3 is 1.52 bits per heavy atom. The van der Waals surface area contributed by atoms with Crippen LogP contribution >= 0.6 is 0 Å². The highest BCUT2D eigenvalue weighted by atomic mass is 16.8. The Morgan fingerprint density at radius 2 is 0.980 bits per heavy atom. The smallest absolute Gasteiger partial charge is 0.338 e. The van der Waals surface area contributed by atoms with Crippen molar-refractivity contribution in [1.82, 2.24) is 0 Å². The molecule has 6 aromatic rings. The topological polar surface area (TPSA) is 386 Å². The minimum absolute atomic E-state index is 0.0195. The average Bonchev–Trinajstić information content (AvgIpc) is 0.748. The van der Waals surface area contributed by atoms with Crippen molar-refractivity contribution in [2.75, 3.05) is 13.2 Å². The molecule has 0 unspecified atom stereocenters. The predicted octanol–water partition coefficient (Wildman–Crippen LogP) is 5.87. The fourth-order valence-electron chi connectivity index (χ4n) is 11.0. The zero-order chi connectivity index (χ0) is 71.5. The molecule has 3 aliphatic rings. The van der Waals surface area contributed by atoms with E-state index < -0.39 is 204 Å². The summed E-state index contributed by atoms with van der Waals surface area (Å²) >= 11 is 0. The normalized spacial score (nSPS) is 24.1. The zero-order valence-electron chi connectivity index (χ0n) is 54.3. The number of hydrogen-bond acceptors (Lipinski definition) is 30. The Hall–Kier alpha value is -10.9. The van der Waals surface area contributed by atoms with Crippen LogP contribution in [-0.2, 0) is 95.2 Å². The first-order valence-electron chi connectivity index (χ1n) is 30.5. The highest BCUT2D eigenvalue weighted by Crippen LogP contribution is 2.44. The van der Waals surface area contributed by atoms with E-state index in [0.717, 1.165) is 79.7 Å². The molecule has 1 N–H and O–H groups in total. The third-order valence-electron chi connectivity index (χ3n) is 15.0. The molecular weight excluding hydrogens is 1310 g/mol. The van der Waals surface area contributed by atoms with Crippen molar-refractivity contribution in [3.05, 3.63) is 154 Å². The number of fused-ring (bicyclic) bond motifs is 1. The molecule has 30 nitrogen and oxygen atoms in total. The highest BCUT2D eigenvalue weighted by molar-refractivity contribution is 5.92. The van der Waals surface area contributed by atoms with Gasteiger partial charge in [0, 0.05) is 61.0 Å². The van der Waals surface area contributed by atoms with Crippen molar-refractivity contribution < 1.29 is 138 Å². The molecule has 0 aliphatic carbocycles. The second-order valence-corrected chi connectivity index (χ2v) is 22.5. The van der Waals surface area contributed by atoms with Gasteiger partial charge in [0.05, 0.1) is 29.4 Å². The SMILES string of the molecule is CC(=O)OC[C@H]1O[C@@H](c2cc(OC(C)=O)c3c(=O)c(O[C@@H]4OC[C@H](OC(C)=O)[C@H](OC(C)=O)[C@H]4O[C@@H]4O[C@@H](C)[C@H](OC(=O)c5ccccc5)[C@@H](OC(=O)c5ccccc5)[C@H]4OC(=O)c4ccccc4)c(-c4ccc(OC(C)=O)c(OC(C)=O)c4)oc3c2)[C@H](OC(C)=O)[C@@H](OC(C)=O)[C@@H]1O. The van der Waals surface area contributed by atoms with Gasteiger partial charge in [0.25, 0.3) is 0 Å². The van der Waals surface area contributed by atoms with Crippen molar-refractivity contribution in [1.29, 1.82) is 0 Å². The lowest BCUT2D eigenvalue weighted by Gasteiger charge is -2.47. The first-order valence-corrected chi connectivity index (χ1v) is 30.5. The molecular formula is C69H66O30. The lowest BCUT2D eigenvalue weighted by atomic mass is 9.90. The van der Waals surface area contributed by atoms with E-state index in [2.05, 4.69) is 0 Å². The Morgan fingerprint density at radius 1 is 0.475 bits per heavy atom. The number of carbonyl (C=O) groups excluding carboxylic acids is 11. The number of esters is 11. The van der Waals surface area contributed by atoms with E-state index in [1.54, 1.807) is 30.3 Å². The van der Waals surface area contributed by atoms with Crippen molar-refractivity contribution in [2.45, 2.75) is 148 Å². The van der Waals surface area contributed by atoms with E-state index in [9.17, 15) is 57.8 Å². The maximum Gasteiger partial charge on any atom is 0.338 e. The molecule has 0 spiro atoms. The van der Waals surface area contributed by atoms with Gasteiger partial charge in [0.15, 0.2) is 72.4 Å². The summed E-state index contributed by atoms with van der Waals surface area (Å²) in [5, 5.41) is 10.9. The lowest BCUT2D eigenvalue weighted by Crippen LogP contribution is -2.65. The number of hydrogen-bond donors (Lipinski definition) is 1. The molecule has 3 aliphatic heterocycles. The van der Waals surface area contributed by atoms with E-state index in [0.29, 0.717) is 0 Å². The molecule has 3 saturated heterocycles. The summed E-state index contributed by atoms with van der Waals surface area (Å²) in [6.07, 6.45) is -25.4. The van der Waals surface area contributed by atoms with E-state index in [1.165, 1.54) is 73.7 Å². The number of ether oxygens (including phenoxy) is 16. The van der Waals surface area contributed by atoms with Gasteiger partial charge in [0.1, 0.15) is 41.6 Å². The van der Waals surface area contributed by atoms with Crippen LogP contribution in [0.5, 0.6) is 23.0 Å². The molecule has 0 amide bonds. The fraction of sp³-hybridized carbons (Fsp3) is 0.362. The van der Waals surface area contributed by atoms with Gasteiger partial charge < -0.3 is 85.3 Å². The number of carbonyl (C=O) groups is 11. The number of rotatable bonds is 21. The van der Waals surface area contributed by atoms with Crippen molar-refractivity contribution in [3.63, 3.8) is 0 Å². The second-order valence-electron chi connectivity index (χ2n) is 22.5. The first kappa shape index (κ1) is 72.4. The molecule has 0 saturated carbocycles. The van der Waals surface area contributed by atoms with Crippen molar-refractivity contribution in [3.8, 4) is 34.3 Å². The van der Waals surface area contributed by atoms with Gasteiger partial charge in [-0.3, -0.25) is 43.2 Å². The van der Waals surface area contributed by atoms with Crippen LogP contribution in [0.2, 0.25) is 0 Å². The summed E-state index contributed by atoms with van der Waals surface area (Å²) in [5.74, 6) is -13.7. The minimum atomic E-state index is -2.17. The van der Waals surface area contributed by atoms with Gasteiger partial charge in [-0.05, 0) is 79.2 Å². The molecule has 1 aromatic heterocycles. The molecule has 3 fully saturated rings. The Kier molecular flexibility index (Phi) is 23.4. The van der Waals surface area contributed by atoms with E-state index in [4.69, 9.17) is 80.2 Å².